The lowest BCUT2D eigenvalue weighted by molar-refractivity contribution is -0.117. The van der Waals surface area contributed by atoms with Gasteiger partial charge in [0.1, 0.15) is 0 Å². The van der Waals surface area contributed by atoms with E-state index in [9.17, 15) is 4.79 Å². The molecular weight excluding hydrogens is 248 g/mol. The lowest BCUT2D eigenvalue weighted by Crippen LogP contribution is -2.06. The van der Waals surface area contributed by atoms with Crippen LogP contribution in [-0.4, -0.2) is 5.91 Å². The van der Waals surface area contributed by atoms with Gasteiger partial charge in [0.15, 0.2) is 0 Å². The average molecular weight is 265 g/mol. The number of hydrogen-bond donors (Lipinski definition) is 1. The number of nitrogens with two attached hydrogens (primary N) is 1. The number of nitriles is 1. The first kappa shape index (κ1) is 16.2. The van der Waals surface area contributed by atoms with Crippen LogP contribution < -0.4 is 5.73 Å². The Balaban J connectivity index is 0.000000494. The number of benzene rings is 1. The topological polar surface area (TPSA) is 66.9 Å². The predicted octanol–water partition coefficient (Wildman–Crippen LogP) is 3.38. The molecular formula is C14H17ClN2O. The first-order chi connectivity index (χ1) is 8.46. The van der Waals surface area contributed by atoms with Crippen LogP contribution >= 0.6 is 11.6 Å². The Labute approximate surface area is 113 Å². The maximum absolute atomic E-state index is 9.59. The largest absolute Gasteiger partial charge is 0.370 e. The van der Waals surface area contributed by atoms with Crippen LogP contribution in [0.2, 0.25) is 0 Å². The number of carbonyl (C=O) groups excluding carboxylic acids is 1. The molecule has 0 spiro atoms. The van der Waals surface area contributed by atoms with Crippen molar-refractivity contribution in [2.45, 2.75) is 25.6 Å². The molecule has 0 aromatic heterocycles. The highest BCUT2D eigenvalue weighted by Crippen LogP contribution is 2.22. The molecule has 2 N–H and O–H groups in total. The van der Waals surface area contributed by atoms with Crippen molar-refractivity contribution in [2.24, 2.45) is 5.73 Å². The van der Waals surface area contributed by atoms with Crippen LogP contribution in [0.25, 0.3) is 6.08 Å². The van der Waals surface area contributed by atoms with E-state index < -0.39 is 0 Å². The van der Waals surface area contributed by atoms with Gasteiger partial charge in [-0.05, 0) is 24.1 Å². The van der Waals surface area contributed by atoms with Crippen molar-refractivity contribution in [3.8, 4) is 6.07 Å². The van der Waals surface area contributed by atoms with Crippen LogP contribution in [0.15, 0.2) is 24.8 Å². The summed E-state index contributed by atoms with van der Waals surface area (Å²) in [6, 6.07) is 7.69. The summed E-state index contributed by atoms with van der Waals surface area (Å²) in [4.78, 5) is 9.59. The Bertz CT molecular complexity index is 461. The van der Waals surface area contributed by atoms with Crippen molar-refractivity contribution in [1.29, 1.82) is 5.26 Å². The van der Waals surface area contributed by atoms with Crippen LogP contribution in [0.1, 0.15) is 42.3 Å². The molecule has 0 heterocycles. The van der Waals surface area contributed by atoms with Crippen LogP contribution in [0.5, 0.6) is 0 Å². The van der Waals surface area contributed by atoms with Gasteiger partial charge in [0, 0.05) is 6.42 Å². The first-order valence-corrected chi connectivity index (χ1v) is 5.98. The standard InChI is InChI=1S/C11H10ClN.C3H7NO/c1-3-9-4-5-10(8(2)12)6-11(9)7-13;1-2-3(4)5/h3-6,8H,1H2,2H3;2H2,1H3,(H2,4,5). The molecule has 0 saturated heterocycles. The monoisotopic (exact) mass is 264 g/mol. The molecule has 1 amide bonds. The minimum absolute atomic E-state index is 0.0639. The Kier molecular flexibility index (Phi) is 7.50. The molecule has 1 aromatic carbocycles. The van der Waals surface area contributed by atoms with Crippen molar-refractivity contribution >= 4 is 23.6 Å². The van der Waals surface area contributed by atoms with Gasteiger partial charge in [0.2, 0.25) is 5.91 Å². The van der Waals surface area contributed by atoms with Gasteiger partial charge in [-0.1, -0.05) is 31.7 Å². The summed E-state index contributed by atoms with van der Waals surface area (Å²) in [5.41, 5.74) is 7.09. The van der Waals surface area contributed by atoms with Gasteiger partial charge < -0.3 is 5.73 Å². The molecule has 0 aliphatic heterocycles. The van der Waals surface area contributed by atoms with E-state index in [1.165, 1.54) is 0 Å². The summed E-state index contributed by atoms with van der Waals surface area (Å²) in [7, 11) is 0. The molecule has 4 heteroatoms. The Morgan fingerprint density at radius 3 is 2.56 bits per heavy atom. The average Bonchev–Trinajstić information content (AvgIpc) is 2.38. The maximum Gasteiger partial charge on any atom is 0.217 e. The minimum atomic E-state index is -0.245. The SMILES string of the molecule is C=Cc1ccc(C(C)Cl)cc1C#N.CCC(N)=O. The van der Waals surface area contributed by atoms with E-state index in [-0.39, 0.29) is 11.3 Å². The highest BCUT2D eigenvalue weighted by atomic mass is 35.5. The van der Waals surface area contributed by atoms with E-state index in [1.807, 2.05) is 19.1 Å². The van der Waals surface area contributed by atoms with Crippen LogP contribution in [0.4, 0.5) is 0 Å². The Hall–Kier alpha value is -1.79. The molecule has 1 aromatic rings. The predicted molar refractivity (Wildman–Crippen MR) is 75.0 cm³/mol. The van der Waals surface area contributed by atoms with E-state index >= 15 is 0 Å². The summed E-state index contributed by atoms with van der Waals surface area (Å²) in [6.45, 7) is 7.24. The zero-order chi connectivity index (χ0) is 14.1. The summed E-state index contributed by atoms with van der Waals surface area (Å²) in [5.74, 6) is -0.245. The molecule has 0 aliphatic rings. The molecule has 1 unspecified atom stereocenters. The third kappa shape index (κ3) is 5.51. The van der Waals surface area contributed by atoms with Crippen LogP contribution in [0, 0.1) is 11.3 Å². The van der Waals surface area contributed by atoms with Crippen molar-refractivity contribution in [2.75, 3.05) is 0 Å². The van der Waals surface area contributed by atoms with Gasteiger partial charge in [-0.3, -0.25) is 4.79 Å². The van der Waals surface area contributed by atoms with Crippen molar-refractivity contribution in [3.63, 3.8) is 0 Å². The molecule has 3 nitrogen and oxygen atoms in total. The van der Waals surface area contributed by atoms with Crippen molar-refractivity contribution in [3.05, 3.63) is 41.5 Å². The molecule has 0 saturated carbocycles. The van der Waals surface area contributed by atoms with Crippen molar-refractivity contribution < 1.29 is 4.79 Å². The smallest absolute Gasteiger partial charge is 0.217 e. The van der Waals surface area contributed by atoms with E-state index in [0.717, 1.165) is 11.1 Å². The number of nitrogens with zero attached hydrogens (tertiary/aromatic N) is 1. The molecule has 0 radical (unpaired) electrons. The maximum atomic E-state index is 9.59. The van der Waals surface area contributed by atoms with Gasteiger partial charge in [0.05, 0.1) is 17.0 Å². The molecule has 0 aliphatic carbocycles. The van der Waals surface area contributed by atoms with Crippen LogP contribution in [-0.2, 0) is 4.79 Å². The lowest BCUT2D eigenvalue weighted by atomic mass is 10.0. The quantitative estimate of drug-likeness (QED) is 0.851. The second-order valence-corrected chi connectivity index (χ2v) is 4.25. The minimum Gasteiger partial charge on any atom is -0.370 e. The van der Waals surface area contributed by atoms with Crippen molar-refractivity contribution in [1.82, 2.24) is 0 Å². The van der Waals surface area contributed by atoms with Gasteiger partial charge >= 0.3 is 0 Å². The van der Waals surface area contributed by atoms with Gasteiger partial charge in [0.25, 0.3) is 0 Å². The number of halogens is 1. The zero-order valence-electron chi connectivity index (χ0n) is 10.6. The molecule has 0 fully saturated rings. The first-order valence-electron chi connectivity index (χ1n) is 5.55. The lowest BCUT2D eigenvalue weighted by Gasteiger charge is -2.04. The third-order valence-electron chi connectivity index (χ3n) is 2.23. The summed E-state index contributed by atoms with van der Waals surface area (Å²) in [5, 5.41) is 8.75. The van der Waals surface area contributed by atoms with E-state index in [2.05, 4.69) is 18.4 Å². The van der Waals surface area contributed by atoms with E-state index in [1.54, 1.807) is 19.1 Å². The molecule has 96 valence electrons. The summed E-state index contributed by atoms with van der Waals surface area (Å²) in [6.07, 6.45) is 2.11. The fraction of sp³-hybridized carbons (Fsp3) is 0.286. The number of rotatable bonds is 3. The second kappa shape index (κ2) is 8.32. The molecule has 1 atom stereocenters. The highest BCUT2D eigenvalue weighted by Gasteiger charge is 2.04. The second-order valence-electron chi connectivity index (χ2n) is 3.60. The Morgan fingerprint density at radius 2 is 2.22 bits per heavy atom. The summed E-state index contributed by atoms with van der Waals surface area (Å²) >= 11 is 5.89. The fourth-order valence-electron chi connectivity index (χ4n) is 1.10. The van der Waals surface area contributed by atoms with Gasteiger partial charge in [-0.25, -0.2) is 0 Å². The number of hydrogen-bond acceptors (Lipinski definition) is 2. The Morgan fingerprint density at radius 1 is 1.67 bits per heavy atom. The molecule has 0 bridgehead atoms. The summed E-state index contributed by atoms with van der Waals surface area (Å²) < 4.78 is 0. The molecule has 18 heavy (non-hydrogen) atoms. The number of alkyl halides is 1. The normalized spacial score (nSPS) is 10.6. The fourth-order valence-corrected chi connectivity index (χ4v) is 1.23. The molecule has 1 rings (SSSR count). The number of primary amides is 1. The van der Waals surface area contributed by atoms with Crippen LogP contribution in [0.3, 0.4) is 0 Å². The number of carbonyl (C=O) groups is 1. The third-order valence-corrected chi connectivity index (χ3v) is 2.48. The van der Waals surface area contributed by atoms with Gasteiger partial charge in [-0.2, -0.15) is 5.26 Å². The zero-order valence-corrected chi connectivity index (χ0v) is 11.4. The van der Waals surface area contributed by atoms with E-state index in [0.29, 0.717) is 12.0 Å². The van der Waals surface area contributed by atoms with E-state index in [4.69, 9.17) is 16.9 Å². The highest BCUT2D eigenvalue weighted by molar-refractivity contribution is 6.20. The van der Waals surface area contributed by atoms with Gasteiger partial charge in [-0.15, -0.1) is 11.6 Å². The number of amides is 1.